The fourth-order valence-electron chi connectivity index (χ4n) is 3.84. The van der Waals surface area contributed by atoms with Crippen LogP contribution >= 0.6 is 0 Å². The number of hydrogen-bond acceptors (Lipinski definition) is 3. The molecule has 0 fully saturated rings. The van der Waals surface area contributed by atoms with E-state index in [2.05, 4.69) is 19.2 Å². The first-order valence-corrected chi connectivity index (χ1v) is 11.2. The van der Waals surface area contributed by atoms with Crippen molar-refractivity contribution >= 4 is 27.3 Å². The number of nitrogens with one attached hydrogen (secondary N) is 1. The average Bonchev–Trinajstić information content (AvgIpc) is 2.96. The van der Waals surface area contributed by atoms with Gasteiger partial charge in [0.2, 0.25) is 10.0 Å². The van der Waals surface area contributed by atoms with Gasteiger partial charge in [-0.05, 0) is 61.1 Å². The van der Waals surface area contributed by atoms with Gasteiger partial charge >= 0.3 is 0 Å². The Labute approximate surface area is 161 Å². The van der Waals surface area contributed by atoms with Crippen LogP contribution in [0.4, 0.5) is 11.4 Å². The molecule has 0 bridgehead atoms. The molecule has 2 aromatic rings. The molecule has 0 spiro atoms. The quantitative estimate of drug-likeness (QED) is 0.850. The Balaban J connectivity index is 1.92. The Morgan fingerprint density at radius 2 is 1.78 bits per heavy atom. The Bertz CT molecular complexity index is 961. The molecule has 3 rings (SSSR count). The molecule has 144 valence electrons. The van der Waals surface area contributed by atoms with E-state index < -0.39 is 10.0 Å². The number of anilines is 2. The molecule has 6 heteroatoms. The third-order valence-electron chi connectivity index (χ3n) is 5.09. The molecule has 1 aliphatic heterocycles. The zero-order valence-corrected chi connectivity index (χ0v) is 17.1. The number of benzene rings is 2. The zero-order valence-electron chi connectivity index (χ0n) is 16.2. The summed E-state index contributed by atoms with van der Waals surface area (Å²) in [5, 5.41) is 3.07. The van der Waals surface area contributed by atoms with Crippen LogP contribution in [0.25, 0.3) is 0 Å². The number of carbonyl (C=O) groups is 1. The Morgan fingerprint density at radius 3 is 2.33 bits per heavy atom. The Kier molecular flexibility index (Phi) is 5.29. The maximum Gasteiger partial charge on any atom is 0.255 e. The topological polar surface area (TPSA) is 66.5 Å². The van der Waals surface area contributed by atoms with E-state index in [1.54, 1.807) is 12.1 Å². The van der Waals surface area contributed by atoms with Crippen LogP contribution in [0, 0.1) is 0 Å². The molecule has 2 aromatic carbocycles. The van der Waals surface area contributed by atoms with Crippen molar-refractivity contribution in [3.63, 3.8) is 0 Å². The average molecular weight is 387 g/mol. The molecule has 1 atom stereocenters. The van der Waals surface area contributed by atoms with Gasteiger partial charge in [-0.2, -0.15) is 0 Å². The number of aryl methyl sites for hydroxylation is 2. The van der Waals surface area contributed by atoms with E-state index in [9.17, 15) is 13.2 Å². The number of amides is 1. The normalized spacial score (nSPS) is 16.3. The number of carbonyl (C=O) groups excluding carboxylic acids is 1. The highest BCUT2D eigenvalue weighted by Gasteiger charge is 2.32. The largest absolute Gasteiger partial charge is 0.321 e. The highest BCUT2D eigenvalue weighted by molar-refractivity contribution is 7.92. The summed E-state index contributed by atoms with van der Waals surface area (Å²) in [4.78, 5) is 12.9. The van der Waals surface area contributed by atoms with Gasteiger partial charge in [0.15, 0.2) is 0 Å². The highest BCUT2D eigenvalue weighted by atomic mass is 32.2. The molecular formula is C21H26N2O3S. The molecule has 0 aliphatic carbocycles. The molecule has 0 saturated carbocycles. The SMILES string of the molecule is CCc1cccc(CC)c1NC(=O)c1ccc2c(c1)CC(C)N2S(C)(=O)=O. The number of nitrogens with zero attached hydrogens (tertiary/aromatic N) is 1. The number of hydrogen-bond donors (Lipinski definition) is 1. The molecule has 27 heavy (non-hydrogen) atoms. The maximum atomic E-state index is 12.9. The fraction of sp³-hybridized carbons (Fsp3) is 0.381. The molecule has 0 saturated heterocycles. The van der Waals surface area contributed by atoms with Crippen molar-refractivity contribution in [3.8, 4) is 0 Å². The smallest absolute Gasteiger partial charge is 0.255 e. The van der Waals surface area contributed by atoms with Gasteiger partial charge in [-0.1, -0.05) is 32.0 Å². The lowest BCUT2D eigenvalue weighted by molar-refractivity contribution is 0.102. The first kappa shape index (κ1) is 19.4. The van der Waals surface area contributed by atoms with Crippen LogP contribution in [0.5, 0.6) is 0 Å². The standard InChI is InChI=1S/C21H26N2O3S/c1-5-15-8-7-9-16(6-2)20(15)22-21(24)17-10-11-19-18(13-17)12-14(3)23(19)27(4,25)26/h7-11,13-14H,5-6,12H2,1-4H3,(H,22,24). The van der Waals surface area contributed by atoms with Gasteiger partial charge < -0.3 is 5.32 Å². The van der Waals surface area contributed by atoms with Crippen LogP contribution in [0.3, 0.4) is 0 Å². The van der Waals surface area contributed by atoms with E-state index >= 15 is 0 Å². The summed E-state index contributed by atoms with van der Waals surface area (Å²) in [7, 11) is -3.33. The number of rotatable bonds is 5. The molecule has 1 N–H and O–H groups in total. The first-order chi connectivity index (χ1) is 12.8. The molecule has 0 aromatic heterocycles. The predicted octanol–water partition coefficient (Wildman–Crippen LogP) is 3.77. The second-order valence-electron chi connectivity index (χ2n) is 7.07. The van der Waals surface area contributed by atoms with Gasteiger partial charge in [0.25, 0.3) is 5.91 Å². The second-order valence-corrected chi connectivity index (χ2v) is 8.93. The van der Waals surface area contributed by atoms with Crippen LogP contribution in [0.1, 0.15) is 47.8 Å². The molecule has 1 heterocycles. The van der Waals surface area contributed by atoms with E-state index in [1.165, 1.54) is 10.6 Å². The summed E-state index contributed by atoms with van der Waals surface area (Å²) in [6.45, 7) is 6.02. The third kappa shape index (κ3) is 3.72. The number of para-hydroxylation sites is 1. The van der Waals surface area contributed by atoms with Crippen LogP contribution in [-0.4, -0.2) is 26.6 Å². The minimum atomic E-state index is -3.33. The maximum absolute atomic E-state index is 12.9. The molecule has 1 amide bonds. The van der Waals surface area contributed by atoms with Gasteiger partial charge in [-0.3, -0.25) is 9.10 Å². The van der Waals surface area contributed by atoms with Crippen LogP contribution in [0.15, 0.2) is 36.4 Å². The lowest BCUT2D eigenvalue weighted by Gasteiger charge is -2.22. The van der Waals surface area contributed by atoms with Gasteiger partial charge in [0, 0.05) is 17.3 Å². The fourth-order valence-corrected chi connectivity index (χ4v) is 5.10. The van der Waals surface area contributed by atoms with Crippen molar-refractivity contribution in [2.75, 3.05) is 15.9 Å². The molecule has 5 nitrogen and oxygen atoms in total. The summed E-state index contributed by atoms with van der Waals surface area (Å²) in [6.07, 6.45) is 3.51. The van der Waals surface area contributed by atoms with Crippen LogP contribution in [-0.2, 0) is 29.3 Å². The van der Waals surface area contributed by atoms with Crippen molar-refractivity contribution < 1.29 is 13.2 Å². The van der Waals surface area contributed by atoms with Crippen LogP contribution in [0.2, 0.25) is 0 Å². The van der Waals surface area contributed by atoms with Crippen molar-refractivity contribution in [1.82, 2.24) is 0 Å². The summed E-state index contributed by atoms with van der Waals surface area (Å²) in [5.74, 6) is -0.168. The van der Waals surface area contributed by atoms with E-state index in [0.717, 1.165) is 35.2 Å². The van der Waals surface area contributed by atoms with E-state index in [1.807, 2.05) is 31.2 Å². The summed E-state index contributed by atoms with van der Waals surface area (Å²) in [6, 6.07) is 11.2. The van der Waals surface area contributed by atoms with Crippen molar-refractivity contribution in [1.29, 1.82) is 0 Å². The van der Waals surface area contributed by atoms with Crippen molar-refractivity contribution in [3.05, 3.63) is 58.7 Å². The van der Waals surface area contributed by atoms with E-state index in [4.69, 9.17) is 0 Å². The first-order valence-electron chi connectivity index (χ1n) is 9.30. The lowest BCUT2D eigenvalue weighted by Crippen LogP contribution is -2.34. The summed E-state index contributed by atoms with van der Waals surface area (Å²) >= 11 is 0. The molecular weight excluding hydrogens is 360 g/mol. The second kappa shape index (κ2) is 7.35. The van der Waals surface area contributed by atoms with Gasteiger partial charge in [0.05, 0.1) is 11.9 Å². The van der Waals surface area contributed by atoms with E-state index in [-0.39, 0.29) is 11.9 Å². The molecule has 1 aliphatic rings. The monoisotopic (exact) mass is 386 g/mol. The number of sulfonamides is 1. The van der Waals surface area contributed by atoms with Gasteiger partial charge in [-0.15, -0.1) is 0 Å². The Hall–Kier alpha value is -2.34. The predicted molar refractivity (Wildman–Crippen MR) is 110 cm³/mol. The third-order valence-corrected chi connectivity index (χ3v) is 6.36. The van der Waals surface area contributed by atoms with Crippen LogP contribution < -0.4 is 9.62 Å². The Morgan fingerprint density at radius 1 is 1.15 bits per heavy atom. The zero-order chi connectivity index (χ0) is 19.8. The lowest BCUT2D eigenvalue weighted by atomic mass is 10.0. The summed E-state index contributed by atoms with van der Waals surface area (Å²) < 4.78 is 25.5. The van der Waals surface area contributed by atoms with Crippen molar-refractivity contribution in [2.24, 2.45) is 0 Å². The van der Waals surface area contributed by atoms with Gasteiger partial charge in [0.1, 0.15) is 0 Å². The highest BCUT2D eigenvalue weighted by Crippen LogP contribution is 2.35. The minimum Gasteiger partial charge on any atom is -0.321 e. The van der Waals surface area contributed by atoms with Gasteiger partial charge in [-0.25, -0.2) is 8.42 Å². The van der Waals surface area contributed by atoms with Crippen molar-refractivity contribution in [2.45, 2.75) is 46.1 Å². The summed E-state index contributed by atoms with van der Waals surface area (Å²) in [5.41, 5.74) is 5.22. The number of fused-ring (bicyclic) bond motifs is 1. The molecule has 1 unspecified atom stereocenters. The minimum absolute atomic E-state index is 0.138. The molecule has 0 radical (unpaired) electrons. The van der Waals surface area contributed by atoms with E-state index in [0.29, 0.717) is 17.7 Å².